The second-order valence-electron chi connectivity index (χ2n) is 5.10. The van der Waals surface area contributed by atoms with Crippen LogP contribution in [0.15, 0.2) is 6.07 Å². The number of carbonyl (C=O) groups is 1. The molecule has 4 nitrogen and oxygen atoms in total. The van der Waals surface area contributed by atoms with Crippen LogP contribution in [0.5, 0.6) is 0 Å². The average molecular weight is 307 g/mol. The van der Waals surface area contributed by atoms with Crippen LogP contribution in [0.1, 0.15) is 27.5 Å². The van der Waals surface area contributed by atoms with E-state index in [2.05, 4.69) is 10.3 Å². The highest BCUT2D eigenvalue weighted by Gasteiger charge is 2.23. The largest absolute Gasteiger partial charge is 0.397 e. The molecule has 0 spiro atoms. The number of rotatable bonds is 2. The minimum Gasteiger partial charge on any atom is -0.397 e. The maximum absolute atomic E-state index is 12.4. The summed E-state index contributed by atoms with van der Waals surface area (Å²) in [6.45, 7) is 3.89. The topological polar surface area (TPSA) is 68.0 Å². The molecule has 3 rings (SSSR count). The van der Waals surface area contributed by atoms with Crippen LogP contribution in [0.4, 0.5) is 5.69 Å². The lowest BCUT2D eigenvalue weighted by atomic mass is 10.2. The molecule has 2 aromatic heterocycles. The standard InChI is InChI=1S/C14H17N3OS2/c1-7-5-10-11(8(2)16-7)12(15)13(20-10)14(18)17-9-3-4-19-6-9/h5,9H,3-4,6,15H2,1-2H3,(H,17,18). The van der Waals surface area contributed by atoms with Gasteiger partial charge in [0.1, 0.15) is 4.88 Å². The zero-order valence-electron chi connectivity index (χ0n) is 11.5. The van der Waals surface area contributed by atoms with Gasteiger partial charge in [-0.1, -0.05) is 0 Å². The van der Waals surface area contributed by atoms with Gasteiger partial charge in [0.2, 0.25) is 0 Å². The van der Waals surface area contributed by atoms with Gasteiger partial charge in [-0.25, -0.2) is 0 Å². The van der Waals surface area contributed by atoms with Gasteiger partial charge < -0.3 is 11.1 Å². The Morgan fingerprint density at radius 3 is 3.00 bits per heavy atom. The lowest BCUT2D eigenvalue weighted by Gasteiger charge is -2.10. The highest BCUT2D eigenvalue weighted by Crippen LogP contribution is 2.35. The molecule has 0 radical (unpaired) electrons. The van der Waals surface area contributed by atoms with Gasteiger partial charge in [-0.2, -0.15) is 11.8 Å². The molecule has 0 bridgehead atoms. The van der Waals surface area contributed by atoms with E-state index in [0.29, 0.717) is 10.6 Å². The van der Waals surface area contributed by atoms with Gasteiger partial charge in [0.05, 0.1) is 5.69 Å². The first-order valence-corrected chi connectivity index (χ1v) is 8.58. The van der Waals surface area contributed by atoms with Gasteiger partial charge >= 0.3 is 0 Å². The minimum absolute atomic E-state index is 0.0479. The summed E-state index contributed by atoms with van der Waals surface area (Å²) in [4.78, 5) is 17.4. The van der Waals surface area contributed by atoms with Gasteiger partial charge in [-0.15, -0.1) is 11.3 Å². The van der Waals surface area contributed by atoms with Crippen molar-refractivity contribution in [2.45, 2.75) is 26.3 Å². The number of thiophene rings is 1. The van der Waals surface area contributed by atoms with Crippen LogP contribution < -0.4 is 11.1 Å². The number of carbonyl (C=O) groups excluding carboxylic acids is 1. The lowest BCUT2D eigenvalue weighted by Crippen LogP contribution is -2.34. The molecule has 3 heterocycles. The van der Waals surface area contributed by atoms with Crippen molar-refractivity contribution in [1.82, 2.24) is 10.3 Å². The van der Waals surface area contributed by atoms with Crippen LogP contribution in [0.3, 0.4) is 0 Å². The molecule has 1 amide bonds. The number of hydrogen-bond acceptors (Lipinski definition) is 5. The van der Waals surface area contributed by atoms with E-state index < -0.39 is 0 Å². The number of fused-ring (bicyclic) bond motifs is 1. The molecular weight excluding hydrogens is 290 g/mol. The highest BCUT2D eigenvalue weighted by molar-refractivity contribution is 7.99. The summed E-state index contributed by atoms with van der Waals surface area (Å²) in [6.07, 6.45) is 1.04. The van der Waals surface area contributed by atoms with Crippen molar-refractivity contribution in [1.29, 1.82) is 0 Å². The fraction of sp³-hybridized carbons (Fsp3) is 0.429. The molecule has 2 aromatic rings. The first-order valence-electron chi connectivity index (χ1n) is 6.61. The molecule has 1 saturated heterocycles. The summed E-state index contributed by atoms with van der Waals surface area (Å²) in [5.74, 6) is 2.07. The van der Waals surface area contributed by atoms with E-state index in [1.54, 1.807) is 0 Å². The van der Waals surface area contributed by atoms with Crippen molar-refractivity contribution < 1.29 is 4.79 Å². The third kappa shape index (κ3) is 2.38. The highest BCUT2D eigenvalue weighted by atomic mass is 32.2. The van der Waals surface area contributed by atoms with Gasteiger partial charge in [0.15, 0.2) is 0 Å². The average Bonchev–Trinajstić information content (AvgIpc) is 2.97. The van der Waals surface area contributed by atoms with Crippen molar-refractivity contribution in [3.63, 3.8) is 0 Å². The number of nitrogens with zero attached hydrogens (tertiary/aromatic N) is 1. The summed E-state index contributed by atoms with van der Waals surface area (Å²) in [6, 6.07) is 2.27. The first-order chi connectivity index (χ1) is 9.56. The van der Waals surface area contributed by atoms with Gasteiger partial charge in [0, 0.05) is 33.3 Å². The zero-order valence-corrected chi connectivity index (χ0v) is 13.2. The summed E-state index contributed by atoms with van der Waals surface area (Å²) < 4.78 is 1.04. The SMILES string of the molecule is Cc1cc2sc(C(=O)NC3CCSC3)c(N)c2c(C)n1. The second-order valence-corrected chi connectivity index (χ2v) is 7.30. The number of amides is 1. The molecule has 1 atom stereocenters. The Balaban J connectivity index is 1.97. The summed E-state index contributed by atoms with van der Waals surface area (Å²) in [5, 5.41) is 4.00. The summed E-state index contributed by atoms with van der Waals surface area (Å²) >= 11 is 3.34. The summed E-state index contributed by atoms with van der Waals surface area (Å²) in [7, 11) is 0. The number of aromatic nitrogens is 1. The number of nitrogens with two attached hydrogens (primary N) is 1. The van der Waals surface area contributed by atoms with Crippen LogP contribution in [-0.2, 0) is 0 Å². The Kier molecular flexibility index (Phi) is 3.60. The van der Waals surface area contributed by atoms with Crippen LogP contribution in [0, 0.1) is 13.8 Å². The minimum atomic E-state index is -0.0479. The van der Waals surface area contributed by atoms with E-state index in [-0.39, 0.29) is 11.9 Å². The van der Waals surface area contributed by atoms with E-state index in [9.17, 15) is 4.79 Å². The Bertz CT molecular complexity index is 675. The fourth-order valence-corrected chi connectivity index (χ4v) is 4.87. The van der Waals surface area contributed by atoms with Crippen LogP contribution in [0.25, 0.3) is 10.1 Å². The second kappa shape index (κ2) is 5.26. The first kappa shape index (κ1) is 13.7. The number of hydrogen-bond donors (Lipinski definition) is 2. The molecule has 20 heavy (non-hydrogen) atoms. The molecule has 0 aromatic carbocycles. The predicted octanol–water partition coefficient (Wildman–Crippen LogP) is 2.73. The van der Waals surface area contributed by atoms with Crippen molar-refractivity contribution in [3.05, 3.63) is 22.3 Å². The molecule has 6 heteroatoms. The quantitative estimate of drug-likeness (QED) is 0.895. The Morgan fingerprint density at radius 2 is 2.30 bits per heavy atom. The van der Waals surface area contributed by atoms with Crippen molar-refractivity contribution >= 4 is 44.8 Å². The Hall–Kier alpha value is -1.27. The predicted molar refractivity (Wildman–Crippen MR) is 86.7 cm³/mol. The van der Waals surface area contributed by atoms with Crippen molar-refractivity contribution in [2.75, 3.05) is 17.2 Å². The van der Waals surface area contributed by atoms with Crippen molar-refractivity contribution in [2.24, 2.45) is 0 Å². The van der Waals surface area contributed by atoms with Gasteiger partial charge in [-0.05, 0) is 32.1 Å². The lowest BCUT2D eigenvalue weighted by molar-refractivity contribution is 0.0946. The maximum Gasteiger partial charge on any atom is 0.263 e. The third-order valence-electron chi connectivity index (χ3n) is 3.49. The molecule has 1 aliphatic heterocycles. The summed E-state index contributed by atoms with van der Waals surface area (Å²) in [5.41, 5.74) is 8.58. The molecule has 3 N–H and O–H groups in total. The molecule has 0 aliphatic carbocycles. The molecular formula is C14H17N3OS2. The number of pyridine rings is 1. The normalized spacial score (nSPS) is 18.6. The number of thioether (sulfide) groups is 1. The van der Waals surface area contributed by atoms with Crippen LogP contribution >= 0.6 is 23.1 Å². The number of nitrogens with one attached hydrogen (secondary N) is 1. The smallest absolute Gasteiger partial charge is 0.263 e. The fourth-order valence-electron chi connectivity index (χ4n) is 2.55. The van der Waals surface area contributed by atoms with Crippen LogP contribution in [-0.4, -0.2) is 28.4 Å². The molecule has 0 saturated carbocycles. The van der Waals surface area contributed by atoms with E-state index in [4.69, 9.17) is 5.73 Å². The molecule has 1 aliphatic rings. The van der Waals surface area contributed by atoms with Crippen LogP contribution in [0.2, 0.25) is 0 Å². The maximum atomic E-state index is 12.4. The number of anilines is 1. The van der Waals surface area contributed by atoms with E-state index in [1.807, 2.05) is 31.7 Å². The number of nitrogen functional groups attached to an aromatic ring is 1. The molecule has 1 unspecified atom stereocenters. The van der Waals surface area contributed by atoms with E-state index in [0.717, 1.165) is 39.4 Å². The van der Waals surface area contributed by atoms with E-state index >= 15 is 0 Å². The Labute approximate surface area is 126 Å². The molecule has 1 fully saturated rings. The zero-order chi connectivity index (χ0) is 14.3. The van der Waals surface area contributed by atoms with Gasteiger partial charge in [-0.3, -0.25) is 9.78 Å². The van der Waals surface area contributed by atoms with Gasteiger partial charge in [0.25, 0.3) is 5.91 Å². The third-order valence-corrected chi connectivity index (χ3v) is 5.80. The molecule has 106 valence electrons. The van der Waals surface area contributed by atoms with Crippen molar-refractivity contribution in [3.8, 4) is 0 Å². The monoisotopic (exact) mass is 307 g/mol. The number of aryl methyl sites for hydroxylation is 2. The Morgan fingerprint density at radius 1 is 1.50 bits per heavy atom. The van der Waals surface area contributed by atoms with E-state index in [1.165, 1.54) is 11.3 Å².